The molecule has 1 amide bonds. The van der Waals surface area contributed by atoms with Crippen LogP contribution >= 0.6 is 0 Å². The minimum atomic E-state index is -0.302. The number of amides is 1. The van der Waals surface area contributed by atoms with Gasteiger partial charge in [-0.1, -0.05) is 24.3 Å². The number of benzene rings is 2. The van der Waals surface area contributed by atoms with Crippen molar-refractivity contribution in [3.63, 3.8) is 0 Å². The summed E-state index contributed by atoms with van der Waals surface area (Å²) in [5.74, 6) is 0.698. The van der Waals surface area contributed by atoms with Crippen LogP contribution in [0.3, 0.4) is 0 Å². The van der Waals surface area contributed by atoms with Crippen molar-refractivity contribution in [3.8, 4) is 11.3 Å². The molecule has 1 fully saturated rings. The normalized spacial score (nSPS) is 14.9. The Balaban J connectivity index is 1.33. The molecule has 1 aliphatic heterocycles. The first-order valence-corrected chi connectivity index (χ1v) is 13.5. The van der Waals surface area contributed by atoms with Crippen molar-refractivity contribution in [1.29, 1.82) is 0 Å². The minimum Gasteiger partial charge on any atom is -0.392 e. The van der Waals surface area contributed by atoms with E-state index in [9.17, 15) is 14.7 Å². The Morgan fingerprint density at radius 3 is 2.75 bits per heavy atom. The van der Waals surface area contributed by atoms with Crippen molar-refractivity contribution < 1.29 is 14.6 Å². The zero-order valence-corrected chi connectivity index (χ0v) is 22.6. The van der Waals surface area contributed by atoms with E-state index < -0.39 is 0 Å². The number of nitrogens with one attached hydrogen (secondary N) is 1. The Labute approximate surface area is 231 Å². The average Bonchev–Trinajstić information content (AvgIpc) is 3.73. The van der Waals surface area contributed by atoms with Gasteiger partial charge in [0, 0.05) is 49.8 Å². The molecule has 3 heterocycles. The number of methoxy groups -OCH3 is 1. The third kappa shape index (κ3) is 4.91. The van der Waals surface area contributed by atoms with Gasteiger partial charge in [-0.05, 0) is 48.4 Å². The van der Waals surface area contributed by atoms with Crippen LogP contribution in [0.5, 0.6) is 0 Å². The monoisotopic (exact) mass is 540 g/mol. The molecular formula is C30H32N6O4. The van der Waals surface area contributed by atoms with E-state index >= 15 is 0 Å². The second-order valence-corrected chi connectivity index (χ2v) is 10.4. The third-order valence-electron chi connectivity index (χ3n) is 7.63. The lowest BCUT2D eigenvalue weighted by Crippen LogP contribution is -2.38. The van der Waals surface area contributed by atoms with E-state index in [-0.39, 0.29) is 23.9 Å². The Kier molecular flexibility index (Phi) is 6.95. The molecule has 0 radical (unpaired) electrons. The standard InChI is InChI=1S/C30H32N6O4/c1-34-17-26(33-28(30(34)39)32-22-15-31-35(16-22)12-13-40-2)24-4-3-5-27(25(24)18-37)36-11-10-21-14-20(19-6-7-19)8-9-23(21)29(36)38/h3-5,8-9,14-17,19,37H,6-7,10-13,18H2,1-2H3,(H,32,33). The van der Waals surface area contributed by atoms with Gasteiger partial charge in [-0.3, -0.25) is 14.3 Å². The van der Waals surface area contributed by atoms with Crippen molar-refractivity contribution in [1.82, 2.24) is 19.3 Å². The average molecular weight is 541 g/mol. The molecule has 2 aromatic heterocycles. The first kappa shape index (κ1) is 26.0. The number of hydrogen-bond acceptors (Lipinski definition) is 7. The predicted octanol–water partition coefficient (Wildman–Crippen LogP) is 3.61. The summed E-state index contributed by atoms with van der Waals surface area (Å²) in [5, 5.41) is 17.9. The van der Waals surface area contributed by atoms with Crippen molar-refractivity contribution in [2.45, 2.75) is 38.3 Å². The number of aliphatic hydroxyl groups is 1. The second kappa shape index (κ2) is 10.7. The molecule has 0 saturated heterocycles. The lowest BCUT2D eigenvalue weighted by atomic mass is 9.93. The fourth-order valence-corrected chi connectivity index (χ4v) is 5.33. The van der Waals surface area contributed by atoms with Gasteiger partial charge in [-0.25, -0.2) is 4.98 Å². The van der Waals surface area contributed by atoms with Gasteiger partial charge in [-0.15, -0.1) is 0 Å². The maximum absolute atomic E-state index is 13.6. The van der Waals surface area contributed by atoms with Crippen LogP contribution in [0.1, 0.15) is 45.8 Å². The zero-order valence-electron chi connectivity index (χ0n) is 22.6. The van der Waals surface area contributed by atoms with Crippen molar-refractivity contribution in [2.24, 2.45) is 7.05 Å². The van der Waals surface area contributed by atoms with Gasteiger partial charge in [0.25, 0.3) is 11.5 Å². The highest BCUT2D eigenvalue weighted by atomic mass is 16.5. The molecule has 0 unspecified atom stereocenters. The molecule has 10 nitrogen and oxygen atoms in total. The predicted molar refractivity (Wildman–Crippen MR) is 152 cm³/mol. The molecule has 206 valence electrons. The highest BCUT2D eigenvalue weighted by molar-refractivity contribution is 6.09. The number of anilines is 3. The Morgan fingerprint density at radius 2 is 1.98 bits per heavy atom. The number of hydrogen-bond donors (Lipinski definition) is 2. The minimum absolute atomic E-state index is 0.0725. The highest BCUT2D eigenvalue weighted by Crippen LogP contribution is 2.41. The SMILES string of the molecule is COCCn1cc(Nc2nc(-c3cccc(N4CCc5cc(C6CC6)ccc5C4=O)c3CO)cn(C)c2=O)cn1. The number of aliphatic hydroxyl groups excluding tert-OH is 1. The van der Waals surface area contributed by atoms with Gasteiger partial charge in [-0.2, -0.15) is 5.10 Å². The number of aromatic nitrogens is 4. The van der Waals surface area contributed by atoms with Crippen LogP contribution in [0.2, 0.25) is 0 Å². The number of fused-ring (bicyclic) bond motifs is 1. The zero-order chi connectivity index (χ0) is 27.8. The summed E-state index contributed by atoms with van der Waals surface area (Å²) in [4.78, 5) is 32.9. The van der Waals surface area contributed by atoms with E-state index in [1.807, 2.05) is 24.3 Å². The quantitative estimate of drug-likeness (QED) is 0.333. The van der Waals surface area contributed by atoms with Gasteiger partial charge in [0.1, 0.15) is 0 Å². The van der Waals surface area contributed by atoms with Gasteiger partial charge >= 0.3 is 0 Å². The van der Waals surface area contributed by atoms with Crippen LogP contribution in [-0.2, 0) is 31.4 Å². The maximum Gasteiger partial charge on any atom is 0.293 e. The summed E-state index contributed by atoms with van der Waals surface area (Å²) >= 11 is 0. The molecule has 40 heavy (non-hydrogen) atoms. The largest absolute Gasteiger partial charge is 0.392 e. The van der Waals surface area contributed by atoms with Gasteiger partial charge in [0.05, 0.1) is 43.0 Å². The fourth-order valence-electron chi connectivity index (χ4n) is 5.33. The summed E-state index contributed by atoms with van der Waals surface area (Å²) in [7, 11) is 3.28. The molecule has 0 atom stereocenters. The van der Waals surface area contributed by atoms with E-state index in [1.165, 1.54) is 23.0 Å². The van der Waals surface area contributed by atoms with Crippen LogP contribution < -0.4 is 15.8 Å². The summed E-state index contributed by atoms with van der Waals surface area (Å²) in [6.07, 6.45) is 8.23. The first-order chi connectivity index (χ1) is 19.5. The molecule has 1 saturated carbocycles. The van der Waals surface area contributed by atoms with Crippen molar-refractivity contribution in [3.05, 3.63) is 87.6 Å². The summed E-state index contributed by atoms with van der Waals surface area (Å²) in [5.41, 5.74) is 5.82. The molecule has 10 heteroatoms. The Bertz CT molecular complexity index is 1640. The summed E-state index contributed by atoms with van der Waals surface area (Å²) in [6, 6.07) is 11.8. The van der Waals surface area contributed by atoms with Crippen molar-refractivity contribution in [2.75, 3.05) is 30.5 Å². The lowest BCUT2D eigenvalue weighted by Gasteiger charge is -2.31. The molecule has 1 aliphatic carbocycles. The molecule has 2 aliphatic rings. The second-order valence-electron chi connectivity index (χ2n) is 10.4. The number of aryl methyl sites for hydroxylation is 1. The van der Waals surface area contributed by atoms with Gasteiger partial charge in [0.15, 0.2) is 5.82 Å². The molecule has 0 bridgehead atoms. The molecule has 6 rings (SSSR count). The highest BCUT2D eigenvalue weighted by Gasteiger charge is 2.30. The van der Waals surface area contributed by atoms with Crippen LogP contribution in [0.25, 0.3) is 11.3 Å². The lowest BCUT2D eigenvalue weighted by molar-refractivity contribution is 0.0980. The van der Waals surface area contributed by atoms with Crippen LogP contribution in [0, 0.1) is 0 Å². The first-order valence-electron chi connectivity index (χ1n) is 13.5. The summed E-state index contributed by atoms with van der Waals surface area (Å²) < 4.78 is 8.26. The number of ether oxygens (including phenoxy) is 1. The molecule has 2 N–H and O–H groups in total. The number of carbonyl (C=O) groups is 1. The smallest absolute Gasteiger partial charge is 0.293 e. The third-order valence-corrected chi connectivity index (χ3v) is 7.63. The van der Waals surface area contributed by atoms with E-state index in [4.69, 9.17) is 4.74 Å². The number of rotatable bonds is 9. The topological polar surface area (TPSA) is 115 Å². The van der Waals surface area contributed by atoms with E-state index in [0.717, 1.165) is 12.0 Å². The number of carbonyl (C=O) groups excluding carboxylic acids is 1. The van der Waals surface area contributed by atoms with E-state index in [2.05, 4.69) is 27.5 Å². The summed E-state index contributed by atoms with van der Waals surface area (Å²) in [6.45, 7) is 1.33. The Hall–Kier alpha value is -4.28. The molecule has 0 spiro atoms. The van der Waals surface area contributed by atoms with Crippen LogP contribution in [0.15, 0.2) is 59.8 Å². The Morgan fingerprint density at radius 1 is 1.12 bits per heavy atom. The maximum atomic E-state index is 13.6. The molecule has 4 aromatic rings. The number of nitrogens with zero attached hydrogens (tertiary/aromatic N) is 5. The van der Waals surface area contributed by atoms with Gasteiger partial charge < -0.3 is 24.6 Å². The van der Waals surface area contributed by atoms with Crippen LogP contribution in [0.4, 0.5) is 17.2 Å². The van der Waals surface area contributed by atoms with Crippen LogP contribution in [-0.4, -0.2) is 50.6 Å². The van der Waals surface area contributed by atoms with Gasteiger partial charge in [0.2, 0.25) is 0 Å². The van der Waals surface area contributed by atoms with Crippen molar-refractivity contribution >= 4 is 23.1 Å². The van der Waals surface area contributed by atoms with E-state index in [1.54, 1.807) is 42.3 Å². The fraction of sp³-hybridized carbons (Fsp3) is 0.333. The van der Waals surface area contributed by atoms with E-state index in [0.29, 0.717) is 59.4 Å². The molecular weight excluding hydrogens is 508 g/mol. The molecule has 2 aromatic carbocycles.